The topological polar surface area (TPSA) is 63.1 Å². The zero-order valence-corrected chi connectivity index (χ0v) is 16.0. The van der Waals surface area contributed by atoms with Gasteiger partial charge in [-0.15, -0.1) is 0 Å². The first-order valence-electron chi connectivity index (χ1n) is 9.06. The summed E-state index contributed by atoms with van der Waals surface area (Å²) in [5.41, 5.74) is 0.590. The molecule has 2 aromatic rings. The number of hydrogen-bond donors (Lipinski definition) is 2. The predicted octanol–water partition coefficient (Wildman–Crippen LogP) is 1.22. The minimum absolute atomic E-state index is 0.0661. The minimum Gasteiger partial charge on any atom is -0.481 e. The van der Waals surface area contributed by atoms with Gasteiger partial charge < -0.3 is 19.9 Å². The number of hydrogen-bond acceptors (Lipinski definition) is 3. The highest BCUT2D eigenvalue weighted by Crippen LogP contribution is 2.20. The number of amides is 2. The van der Waals surface area contributed by atoms with Crippen molar-refractivity contribution in [1.82, 2.24) is 4.90 Å². The smallest absolute Gasteiger partial charge is 0.279 e. The molecule has 1 heterocycles. The Morgan fingerprint density at radius 2 is 1.79 bits per heavy atom. The summed E-state index contributed by atoms with van der Waals surface area (Å²) in [6.45, 7) is 2.45. The van der Waals surface area contributed by atoms with Gasteiger partial charge in [-0.05, 0) is 24.3 Å². The molecule has 0 bridgehead atoms. The van der Waals surface area contributed by atoms with Gasteiger partial charge in [0.2, 0.25) is 0 Å². The molecule has 3 rings (SSSR count). The molecule has 1 aliphatic heterocycles. The van der Waals surface area contributed by atoms with E-state index in [4.69, 9.17) is 16.3 Å². The molecule has 1 aliphatic rings. The van der Waals surface area contributed by atoms with E-state index < -0.39 is 5.82 Å². The van der Waals surface area contributed by atoms with Crippen LogP contribution in [0.5, 0.6) is 5.75 Å². The molecule has 2 amide bonds. The quantitative estimate of drug-likeness (QED) is 0.758. The van der Waals surface area contributed by atoms with Crippen LogP contribution in [0.25, 0.3) is 0 Å². The summed E-state index contributed by atoms with van der Waals surface area (Å²) in [7, 11) is 0. The normalized spacial score (nSPS) is 14.6. The summed E-state index contributed by atoms with van der Waals surface area (Å²) < 4.78 is 18.8. The average Bonchev–Trinajstić information content (AvgIpc) is 2.69. The molecule has 0 radical (unpaired) electrons. The van der Waals surface area contributed by atoms with Crippen molar-refractivity contribution in [1.29, 1.82) is 0 Å². The van der Waals surface area contributed by atoms with Crippen molar-refractivity contribution in [3.63, 3.8) is 0 Å². The fourth-order valence-electron chi connectivity index (χ4n) is 3.03. The molecule has 148 valence electrons. The molecule has 2 aromatic carbocycles. The third-order valence-electron chi connectivity index (χ3n) is 4.57. The van der Waals surface area contributed by atoms with Crippen LogP contribution in [0.3, 0.4) is 0 Å². The van der Waals surface area contributed by atoms with Crippen LogP contribution < -0.4 is 15.0 Å². The van der Waals surface area contributed by atoms with Gasteiger partial charge in [-0.3, -0.25) is 9.59 Å². The summed E-state index contributed by atoms with van der Waals surface area (Å²) in [6, 6.07) is 13.1. The van der Waals surface area contributed by atoms with Crippen LogP contribution in [0, 0.1) is 5.82 Å². The Morgan fingerprint density at radius 1 is 1.11 bits per heavy atom. The van der Waals surface area contributed by atoms with Gasteiger partial charge in [-0.2, -0.15) is 0 Å². The van der Waals surface area contributed by atoms with E-state index in [9.17, 15) is 14.0 Å². The monoisotopic (exact) mass is 406 g/mol. The molecule has 6 nitrogen and oxygen atoms in total. The van der Waals surface area contributed by atoms with Crippen LogP contribution in [-0.2, 0) is 9.59 Å². The zero-order chi connectivity index (χ0) is 19.9. The molecule has 8 heteroatoms. The van der Waals surface area contributed by atoms with Gasteiger partial charge >= 0.3 is 0 Å². The van der Waals surface area contributed by atoms with Crippen LogP contribution in [-0.4, -0.2) is 56.0 Å². The Kier molecular flexibility index (Phi) is 6.84. The van der Waals surface area contributed by atoms with Crippen molar-refractivity contribution in [2.75, 3.05) is 44.6 Å². The van der Waals surface area contributed by atoms with Crippen LogP contribution in [0.2, 0.25) is 5.02 Å². The number of benzene rings is 2. The summed E-state index contributed by atoms with van der Waals surface area (Å²) in [5, 5.41) is 3.30. The summed E-state index contributed by atoms with van der Waals surface area (Å²) >= 11 is 6.05. The van der Waals surface area contributed by atoms with E-state index >= 15 is 0 Å². The highest BCUT2D eigenvalue weighted by Gasteiger charge is 2.25. The van der Waals surface area contributed by atoms with Crippen LogP contribution in [0.15, 0.2) is 48.5 Å². The van der Waals surface area contributed by atoms with E-state index in [1.807, 2.05) is 6.07 Å². The second kappa shape index (κ2) is 9.52. The van der Waals surface area contributed by atoms with E-state index in [2.05, 4.69) is 5.32 Å². The van der Waals surface area contributed by atoms with Gasteiger partial charge in [0.05, 0.1) is 36.9 Å². The van der Waals surface area contributed by atoms with Gasteiger partial charge in [0.1, 0.15) is 0 Å². The molecule has 1 saturated heterocycles. The maximum absolute atomic E-state index is 13.5. The number of rotatable bonds is 6. The largest absolute Gasteiger partial charge is 0.481 e. The molecule has 0 atom stereocenters. The van der Waals surface area contributed by atoms with Crippen molar-refractivity contribution in [3.05, 3.63) is 59.4 Å². The molecule has 0 unspecified atom stereocenters. The number of piperazine rings is 1. The Balaban J connectivity index is 1.41. The van der Waals surface area contributed by atoms with Crippen LogP contribution in [0.4, 0.5) is 10.1 Å². The summed E-state index contributed by atoms with van der Waals surface area (Å²) in [5.74, 6) is -0.737. The highest BCUT2D eigenvalue weighted by molar-refractivity contribution is 6.33. The number of nitrogens with zero attached hydrogens (tertiary/aromatic N) is 1. The van der Waals surface area contributed by atoms with Crippen molar-refractivity contribution < 1.29 is 23.6 Å². The number of quaternary nitrogens is 1. The van der Waals surface area contributed by atoms with Gasteiger partial charge in [-0.1, -0.05) is 35.9 Å². The fraction of sp³-hybridized carbons (Fsp3) is 0.300. The van der Waals surface area contributed by atoms with E-state index in [0.29, 0.717) is 43.4 Å². The lowest BCUT2D eigenvalue weighted by atomic mass is 10.3. The molecule has 0 saturated carbocycles. The molecule has 0 aliphatic carbocycles. The first kappa shape index (κ1) is 20.1. The first-order chi connectivity index (χ1) is 13.5. The second-order valence-electron chi connectivity index (χ2n) is 6.55. The zero-order valence-electron chi connectivity index (χ0n) is 15.3. The van der Waals surface area contributed by atoms with Crippen LogP contribution in [0.1, 0.15) is 0 Å². The number of halogens is 2. The van der Waals surface area contributed by atoms with E-state index in [1.165, 1.54) is 12.1 Å². The predicted molar refractivity (Wildman–Crippen MR) is 104 cm³/mol. The number of ether oxygens (including phenoxy) is 1. The maximum atomic E-state index is 13.5. The Hall–Kier alpha value is -2.64. The number of para-hydroxylation sites is 2. The Labute approximate surface area is 167 Å². The van der Waals surface area contributed by atoms with Crippen molar-refractivity contribution in [3.8, 4) is 5.75 Å². The molecular formula is C20H22ClFN3O3+. The lowest BCUT2D eigenvalue weighted by Gasteiger charge is -2.31. The molecule has 0 spiro atoms. The van der Waals surface area contributed by atoms with E-state index in [-0.39, 0.29) is 24.2 Å². The van der Waals surface area contributed by atoms with Gasteiger partial charge in [-0.25, -0.2) is 4.39 Å². The molecule has 1 fully saturated rings. The van der Waals surface area contributed by atoms with Gasteiger partial charge in [0.25, 0.3) is 11.8 Å². The van der Waals surface area contributed by atoms with E-state index in [0.717, 1.165) is 4.90 Å². The van der Waals surface area contributed by atoms with Crippen molar-refractivity contribution in [2.24, 2.45) is 0 Å². The van der Waals surface area contributed by atoms with Gasteiger partial charge in [0, 0.05) is 0 Å². The Morgan fingerprint density at radius 3 is 2.50 bits per heavy atom. The summed E-state index contributed by atoms with van der Waals surface area (Å²) in [6.07, 6.45) is 0. The van der Waals surface area contributed by atoms with Crippen molar-refractivity contribution >= 4 is 29.1 Å². The van der Waals surface area contributed by atoms with E-state index in [1.54, 1.807) is 35.2 Å². The third-order valence-corrected chi connectivity index (χ3v) is 4.90. The average molecular weight is 407 g/mol. The van der Waals surface area contributed by atoms with Gasteiger partial charge in [0.15, 0.2) is 24.7 Å². The molecule has 0 aromatic heterocycles. The second-order valence-corrected chi connectivity index (χ2v) is 6.96. The lowest BCUT2D eigenvalue weighted by Crippen LogP contribution is -3.15. The minimum atomic E-state index is -0.492. The molecular weight excluding hydrogens is 385 g/mol. The third kappa shape index (κ3) is 5.43. The highest BCUT2D eigenvalue weighted by atomic mass is 35.5. The fourth-order valence-corrected chi connectivity index (χ4v) is 3.21. The number of nitrogens with one attached hydrogen (secondary N) is 2. The number of carbonyl (C=O) groups is 2. The summed E-state index contributed by atoms with van der Waals surface area (Å²) in [4.78, 5) is 27.2. The maximum Gasteiger partial charge on any atom is 0.279 e. The molecule has 28 heavy (non-hydrogen) atoms. The number of anilines is 1. The van der Waals surface area contributed by atoms with Crippen molar-refractivity contribution in [2.45, 2.75) is 0 Å². The molecule has 2 N–H and O–H groups in total. The first-order valence-corrected chi connectivity index (χ1v) is 9.44. The lowest BCUT2D eigenvalue weighted by molar-refractivity contribution is -0.895. The SMILES string of the molecule is O=C(C[NH+]1CCN(C(=O)COc2ccccc2F)CC1)Nc1ccccc1Cl. The Bertz CT molecular complexity index is 841. The van der Waals surface area contributed by atoms with Crippen LogP contribution >= 0.6 is 11.6 Å². The number of carbonyl (C=O) groups excluding carboxylic acids is 2. The standard InChI is InChI=1S/C20H21ClFN3O3/c21-15-5-1-3-7-17(15)23-19(26)13-24-9-11-25(12-10-24)20(27)14-28-18-8-4-2-6-16(18)22/h1-8H,9-14H2,(H,23,26)/p+1.